The van der Waals surface area contributed by atoms with E-state index in [0.29, 0.717) is 0 Å². The van der Waals surface area contributed by atoms with Crippen LogP contribution >= 0.6 is 11.6 Å². The predicted octanol–water partition coefficient (Wildman–Crippen LogP) is 0.0151. The third-order valence-corrected chi connectivity index (χ3v) is 4.57. The fourth-order valence-electron chi connectivity index (χ4n) is 3.13. The maximum atomic E-state index is 11.1. The number of nitrogens with zero attached hydrogens (tertiary/aromatic N) is 7. The lowest BCUT2D eigenvalue weighted by Gasteiger charge is -2.30. The Morgan fingerprint density at radius 1 is 1.59 bits per heavy atom. The van der Waals surface area contributed by atoms with E-state index in [4.69, 9.17) is 32.3 Å². The van der Waals surface area contributed by atoms with Crippen LogP contribution in [0, 0.1) is 11.3 Å². The predicted molar refractivity (Wildman–Crippen MR) is 99.2 cm³/mol. The van der Waals surface area contributed by atoms with Crippen molar-refractivity contribution in [2.24, 2.45) is 5.11 Å². The first-order chi connectivity index (χ1) is 13.7. The monoisotopic (exact) mass is 424 g/mol. The molecule has 154 valence electrons. The summed E-state index contributed by atoms with van der Waals surface area (Å²) in [4.78, 5) is 14.8. The molecule has 2 aromatic heterocycles. The van der Waals surface area contributed by atoms with Crippen molar-refractivity contribution in [3.05, 3.63) is 16.8 Å². The number of aliphatic hydroxyl groups excluding tert-OH is 2. The molecule has 13 nitrogen and oxygen atoms in total. The standard InChI is InChI=1S/C15H17ClN8O5/c1-3-28-10-8-9(20-13(17)21-10)24(6-19-8)12-14(27,4-5-16)11(26)15(29-12,7(2)25)22-23-18/h6-7,11-12,25-27H,3H2,1-2H3,(H2,17,20,21)/t7?,11-,12+,14+,15+/m0/s1. The summed E-state index contributed by atoms with van der Waals surface area (Å²) in [7, 11) is 0. The quantitative estimate of drug-likeness (QED) is 0.221. The van der Waals surface area contributed by atoms with Crippen LogP contribution in [0.3, 0.4) is 0 Å². The summed E-state index contributed by atoms with van der Waals surface area (Å²) in [5, 5.41) is 37.4. The van der Waals surface area contributed by atoms with Gasteiger partial charge in [-0.2, -0.15) is 9.97 Å². The Balaban J connectivity index is 2.26. The molecule has 1 unspecified atom stereocenters. The summed E-state index contributed by atoms with van der Waals surface area (Å²) >= 11 is 5.48. The first kappa shape index (κ1) is 20.9. The average Bonchev–Trinajstić information content (AvgIpc) is 3.16. The lowest BCUT2D eigenvalue weighted by Crippen LogP contribution is -2.54. The maximum Gasteiger partial charge on any atom is 0.247 e. The highest BCUT2D eigenvalue weighted by Crippen LogP contribution is 2.47. The van der Waals surface area contributed by atoms with E-state index in [1.54, 1.807) is 6.92 Å². The van der Waals surface area contributed by atoms with E-state index in [9.17, 15) is 15.3 Å². The lowest BCUT2D eigenvalue weighted by molar-refractivity contribution is -0.153. The summed E-state index contributed by atoms with van der Waals surface area (Å²) in [6.45, 7) is 3.23. The van der Waals surface area contributed by atoms with Crippen molar-refractivity contribution >= 4 is 28.7 Å². The molecule has 1 aliphatic rings. The van der Waals surface area contributed by atoms with Gasteiger partial charge in [0.15, 0.2) is 17.4 Å². The first-order valence-electron chi connectivity index (χ1n) is 8.33. The molecule has 5 atom stereocenters. The van der Waals surface area contributed by atoms with Gasteiger partial charge in [0, 0.05) is 10.3 Å². The van der Waals surface area contributed by atoms with Gasteiger partial charge in [0.1, 0.15) is 6.10 Å². The minimum absolute atomic E-state index is 0.0790. The topological polar surface area (TPSA) is 198 Å². The van der Waals surface area contributed by atoms with Crippen molar-refractivity contribution in [1.82, 2.24) is 19.5 Å². The summed E-state index contributed by atoms with van der Waals surface area (Å²) < 4.78 is 12.3. The van der Waals surface area contributed by atoms with Crippen LogP contribution in [0.25, 0.3) is 21.6 Å². The smallest absolute Gasteiger partial charge is 0.247 e. The molecule has 0 saturated carbocycles. The number of nitrogen functional groups attached to an aromatic ring is 1. The molecule has 14 heteroatoms. The Morgan fingerprint density at radius 3 is 2.90 bits per heavy atom. The van der Waals surface area contributed by atoms with Crippen molar-refractivity contribution < 1.29 is 24.8 Å². The van der Waals surface area contributed by atoms with Crippen LogP contribution in [-0.2, 0) is 4.74 Å². The van der Waals surface area contributed by atoms with Gasteiger partial charge in [-0.15, -0.1) is 0 Å². The molecule has 0 bridgehead atoms. The second-order valence-electron chi connectivity index (χ2n) is 6.18. The number of aromatic nitrogens is 4. The number of ether oxygens (including phenoxy) is 2. The molecule has 2 aromatic rings. The summed E-state index contributed by atoms with van der Waals surface area (Å²) in [5.74, 6) is 2.19. The Labute approximate surface area is 168 Å². The van der Waals surface area contributed by atoms with E-state index in [0.717, 1.165) is 0 Å². The number of hydrogen-bond donors (Lipinski definition) is 4. The highest BCUT2D eigenvalue weighted by Gasteiger charge is 2.66. The van der Waals surface area contributed by atoms with E-state index in [-0.39, 0.29) is 29.6 Å². The Hall–Kier alpha value is -2.85. The number of nitrogens with two attached hydrogens (primary N) is 1. The normalized spacial score (nSPS) is 29.7. The maximum absolute atomic E-state index is 11.1. The summed E-state index contributed by atoms with van der Waals surface area (Å²) in [5.41, 5.74) is 10.2. The number of imidazole rings is 1. The van der Waals surface area contributed by atoms with Gasteiger partial charge >= 0.3 is 0 Å². The van der Waals surface area contributed by atoms with Crippen LogP contribution in [0.2, 0.25) is 0 Å². The molecular formula is C15H17ClN8O5. The zero-order chi connectivity index (χ0) is 21.4. The largest absolute Gasteiger partial charge is 0.476 e. The van der Waals surface area contributed by atoms with E-state index in [2.05, 4.69) is 30.9 Å². The van der Waals surface area contributed by atoms with Crippen molar-refractivity contribution in [2.45, 2.75) is 43.6 Å². The van der Waals surface area contributed by atoms with Gasteiger partial charge in [-0.1, -0.05) is 5.11 Å². The average molecular weight is 425 g/mol. The Kier molecular flexibility index (Phi) is 5.42. The fourth-order valence-corrected chi connectivity index (χ4v) is 3.28. The van der Waals surface area contributed by atoms with Crippen molar-refractivity contribution in [3.63, 3.8) is 0 Å². The van der Waals surface area contributed by atoms with E-state index < -0.39 is 29.8 Å². The molecule has 0 aliphatic carbocycles. The van der Waals surface area contributed by atoms with E-state index in [1.165, 1.54) is 17.8 Å². The van der Waals surface area contributed by atoms with Gasteiger partial charge in [-0.25, -0.2) is 4.98 Å². The zero-order valence-corrected chi connectivity index (χ0v) is 16.0. The lowest BCUT2D eigenvalue weighted by atomic mass is 9.89. The summed E-state index contributed by atoms with van der Waals surface area (Å²) in [6, 6.07) is 0. The molecule has 1 fully saturated rings. The highest BCUT2D eigenvalue weighted by molar-refractivity contribution is 6.30. The van der Waals surface area contributed by atoms with Crippen molar-refractivity contribution in [2.75, 3.05) is 12.3 Å². The zero-order valence-electron chi connectivity index (χ0n) is 15.3. The molecule has 1 saturated heterocycles. The third-order valence-electron chi connectivity index (χ3n) is 4.47. The van der Waals surface area contributed by atoms with Gasteiger partial charge in [-0.05, 0) is 36.9 Å². The number of halogens is 1. The minimum Gasteiger partial charge on any atom is -0.476 e. The SMILES string of the molecule is CCOc1nc(N)nc2c1ncn2[C@@H]1O[C@](N=[N+]=[N-])(C(C)O)[C@@H](O)[C@]1(O)C#CCl. The minimum atomic E-state index is -2.41. The van der Waals surface area contributed by atoms with E-state index in [1.807, 2.05) is 5.38 Å². The van der Waals surface area contributed by atoms with Crippen LogP contribution in [0.15, 0.2) is 11.4 Å². The van der Waals surface area contributed by atoms with Crippen LogP contribution in [0.4, 0.5) is 5.95 Å². The molecule has 0 spiro atoms. The molecule has 29 heavy (non-hydrogen) atoms. The molecule has 1 aliphatic heterocycles. The molecular weight excluding hydrogens is 408 g/mol. The van der Waals surface area contributed by atoms with Gasteiger partial charge in [0.05, 0.1) is 19.0 Å². The van der Waals surface area contributed by atoms with Crippen LogP contribution in [-0.4, -0.2) is 65.0 Å². The van der Waals surface area contributed by atoms with Crippen LogP contribution < -0.4 is 10.5 Å². The molecule has 3 rings (SSSR count). The molecule has 0 radical (unpaired) electrons. The fraction of sp³-hybridized carbons (Fsp3) is 0.533. The third kappa shape index (κ3) is 3.08. The summed E-state index contributed by atoms with van der Waals surface area (Å²) in [6.07, 6.45) is -3.84. The van der Waals surface area contributed by atoms with Gasteiger partial charge < -0.3 is 30.5 Å². The van der Waals surface area contributed by atoms with Crippen molar-refractivity contribution in [1.29, 1.82) is 0 Å². The Bertz CT molecular complexity index is 1040. The van der Waals surface area contributed by atoms with Crippen LogP contribution in [0.1, 0.15) is 20.1 Å². The number of anilines is 1. The number of rotatable bonds is 5. The van der Waals surface area contributed by atoms with E-state index >= 15 is 0 Å². The highest BCUT2D eigenvalue weighted by atomic mass is 35.5. The molecule has 5 N–H and O–H groups in total. The number of hydrogen-bond acceptors (Lipinski definition) is 10. The molecule has 0 amide bonds. The first-order valence-corrected chi connectivity index (χ1v) is 8.71. The Morgan fingerprint density at radius 2 is 2.31 bits per heavy atom. The second-order valence-corrected chi connectivity index (χ2v) is 6.37. The second kappa shape index (κ2) is 7.53. The molecule has 3 heterocycles. The van der Waals surface area contributed by atoms with Gasteiger partial charge in [0.25, 0.3) is 0 Å². The van der Waals surface area contributed by atoms with Crippen molar-refractivity contribution in [3.8, 4) is 17.2 Å². The number of aliphatic hydroxyl groups is 3. The van der Waals surface area contributed by atoms with Gasteiger partial charge in [0.2, 0.25) is 23.2 Å². The number of fused-ring (bicyclic) bond motifs is 1. The van der Waals surface area contributed by atoms with Gasteiger partial charge in [-0.3, -0.25) is 4.57 Å². The molecule has 0 aromatic carbocycles. The number of azide groups is 1. The van der Waals surface area contributed by atoms with Crippen LogP contribution in [0.5, 0.6) is 5.88 Å².